The highest BCUT2D eigenvalue weighted by molar-refractivity contribution is 5.13. The second-order valence-electron chi connectivity index (χ2n) is 4.04. The van der Waals surface area contributed by atoms with Gasteiger partial charge in [-0.3, -0.25) is 0 Å². The zero-order valence-corrected chi connectivity index (χ0v) is 6.93. The van der Waals surface area contributed by atoms with Gasteiger partial charge >= 0.3 is 0 Å². The lowest BCUT2D eigenvalue weighted by molar-refractivity contribution is 0.399. The smallest absolute Gasteiger partial charge is 0.0203 e. The molecule has 10 heavy (non-hydrogen) atoms. The SMILES string of the molecule is CC1=CC(C)C2CCC1C2. The molecule has 0 aromatic rings. The quantitative estimate of drug-likeness (QED) is 0.449. The van der Waals surface area contributed by atoms with E-state index in [9.17, 15) is 0 Å². The minimum Gasteiger partial charge on any atom is -0.0822 e. The summed E-state index contributed by atoms with van der Waals surface area (Å²) in [6, 6.07) is 0. The van der Waals surface area contributed by atoms with E-state index in [0.29, 0.717) is 0 Å². The van der Waals surface area contributed by atoms with E-state index >= 15 is 0 Å². The Kier molecular flexibility index (Phi) is 1.36. The summed E-state index contributed by atoms with van der Waals surface area (Å²) >= 11 is 0. The van der Waals surface area contributed by atoms with E-state index in [0.717, 1.165) is 17.8 Å². The Hall–Kier alpha value is -0.260. The Morgan fingerprint density at radius 1 is 1.40 bits per heavy atom. The fraction of sp³-hybridized carbons (Fsp3) is 0.800. The first-order valence-electron chi connectivity index (χ1n) is 4.45. The van der Waals surface area contributed by atoms with Crippen LogP contribution in [-0.4, -0.2) is 0 Å². The van der Waals surface area contributed by atoms with Crippen molar-refractivity contribution in [3.8, 4) is 0 Å². The van der Waals surface area contributed by atoms with Crippen LogP contribution in [0.1, 0.15) is 33.1 Å². The van der Waals surface area contributed by atoms with Crippen molar-refractivity contribution in [1.29, 1.82) is 0 Å². The van der Waals surface area contributed by atoms with Crippen LogP contribution in [0.25, 0.3) is 0 Å². The minimum absolute atomic E-state index is 0.874. The summed E-state index contributed by atoms with van der Waals surface area (Å²) in [7, 11) is 0. The monoisotopic (exact) mass is 136 g/mol. The van der Waals surface area contributed by atoms with Crippen LogP contribution in [-0.2, 0) is 0 Å². The predicted octanol–water partition coefficient (Wildman–Crippen LogP) is 3.00. The van der Waals surface area contributed by atoms with Gasteiger partial charge in [-0.25, -0.2) is 0 Å². The Labute approximate surface area is 63.3 Å². The largest absolute Gasteiger partial charge is 0.0822 e. The Morgan fingerprint density at radius 2 is 2.20 bits per heavy atom. The van der Waals surface area contributed by atoms with Crippen molar-refractivity contribution in [1.82, 2.24) is 0 Å². The highest BCUT2D eigenvalue weighted by Crippen LogP contribution is 2.44. The van der Waals surface area contributed by atoms with Crippen LogP contribution >= 0.6 is 0 Å². The molecule has 0 radical (unpaired) electrons. The average molecular weight is 136 g/mol. The summed E-state index contributed by atoms with van der Waals surface area (Å²) in [6.07, 6.45) is 6.94. The standard InChI is InChI=1S/C10H16/c1-7-5-8(2)10-4-3-9(7)6-10/h5,7,9-10H,3-4,6H2,1-2H3. The number of allylic oxidation sites excluding steroid dienone is 2. The summed E-state index contributed by atoms with van der Waals surface area (Å²) in [6.45, 7) is 4.68. The second kappa shape index (κ2) is 2.11. The van der Waals surface area contributed by atoms with E-state index < -0.39 is 0 Å². The normalized spacial score (nSPS) is 45.4. The van der Waals surface area contributed by atoms with Crippen molar-refractivity contribution in [2.45, 2.75) is 33.1 Å². The zero-order valence-electron chi connectivity index (χ0n) is 6.93. The molecule has 0 aliphatic heterocycles. The molecule has 0 N–H and O–H groups in total. The molecule has 0 nitrogen and oxygen atoms in total. The van der Waals surface area contributed by atoms with Gasteiger partial charge in [0.2, 0.25) is 0 Å². The Morgan fingerprint density at radius 3 is 3.00 bits per heavy atom. The summed E-state index contributed by atoms with van der Waals surface area (Å²) < 4.78 is 0. The highest BCUT2D eigenvalue weighted by Gasteiger charge is 2.32. The molecule has 0 amide bonds. The van der Waals surface area contributed by atoms with Crippen molar-refractivity contribution < 1.29 is 0 Å². The van der Waals surface area contributed by atoms with Gasteiger partial charge in [-0.05, 0) is 43.9 Å². The van der Waals surface area contributed by atoms with Gasteiger partial charge in [-0.15, -0.1) is 0 Å². The van der Waals surface area contributed by atoms with Gasteiger partial charge < -0.3 is 0 Å². The number of fused-ring (bicyclic) bond motifs is 2. The molecule has 2 rings (SSSR count). The van der Waals surface area contributed by atoms with Gasteiger partial charge in [-0.2, -0.15) is 0 Å². The molecule has 3 unspecified atom stereocenters. The average Bonchev–Trinajstić information content (AvgIpc) is 2.28. The second-order valence-corrected chi connectivity index (χ2v) is 4.04. The summed E-state index contributed by atoms with van der Waals surface area (Å²) in [4.78, 5) is 0. The molecular weight excluding hydrogens is 120 g/mol. The fourth-order valence-corrected chi connectivity index (χ4v) is 2.59. The Balaban J connectivity index is 2.25. The van der Waals surface area contributed by atoms with Crippen molar-refractivity contribution in [2.75, 3.05) is 0 Å². The molecule has 2 bridgehead atoms. The van der Waals surface area contributed by atoms with Gasteiger partial charge in [0.25, 0.3) is 0 Å². The van der Waals surface area contributed by atoms with Crippen molar-refractivity contribution in [3.05, 3.63) is 11.6 Å². The molecule has 2 aliphatic rings. The lowest BCUT2D eigenvalue weighted by Gasteiger charge is -2.23. The first-order valence-corrected chi connectivity index (χ1v) is 4.45. The fourth-order valence-electron chi connectivity index (χ4n) is 2.59. The van der Waals surface area contributed by atoms with Gasteiger partial charge in [0.05, 0.1) is 0 Å². The molecule has 2 aliphatic carbocycles. The first-order chi connectivity index (χ1) is 4.77. The molecule has 0 aromatic carbocycles. The molecule has 0 saturated heterocycles. The van der Waals surface area contributed by atoms with Crippen molar-refractivity contribution in [3.63, 3.8) is 0 Å². The highest BCUT2D eigenvalue weighted by atomic mass is 14.4. The van der Waals surface area contributed by atoms with Gasteiger partial charge in [0, 0.05) is 0 Å². The topological polar surface area (TPSA) is 0 Å². The molecule has 0 heteroatoms. The number of rotatable bonds is 0. The number of hydrogen-bond donors (Lipinski definition) is 0. The van der Waals surface area contributed by atoms with E-state index in [-0.39, 0.29) is 0 Å². The predicted molar refractivity (Wildman–Crippen MR) is 43.8 cm³/mol. The van der Waals surface area contributed by atoms with E-state index in [1.807, 2.05) is 0 Å². The van der Waals surface area contributed by atoms with Crippen LogP contribution in [0.15, 0.2) is 11.6 Å². The van der Waals surface area contributed by atoms with Crippen LogP contribution in [0.2, 0.25) is 0 Å². The molecule has 0 heterocycles. The van der Waals surface area contributed by atoms with Crippen molar-refractivity contribution in [2.24, 2.45) is 17.8 Å². The summed E-state index contributed by atoms with van der Waals surface area (Å²) in [5.74, 6) is 2.88. The molecular formula is C10H16. The van der Waals surface area contributed by atoms with Gasteiger partial charge in [0.1, 0.15) is 0 Å². The molecule has 1 saturated carbocycles. The Bertz CT molecular complexity index is 167. The third-order valence-electron chi connectivity index (χ3n) is 3.39. The van der Waals surface area contributed by atoms with Gasteiger partial charge in [-0.1, -0.05) is 18.6 Å². The van der Waals surface area contributed by atoms with Crippen LogP contribution in [0, 0.1) is 17.8 Å². The van der Waals surface area contributed by atoms with Crippen LogP contribution < -0.4 is 0 Å². The minimum atomic E-state index is 0.874. The summed E-state index contributed by atoms with van der Waals surface area (Å²) in [5, 5.41) is 0. The van der Waals surface area contributed by atoms with Crippen LogP contribution in [0.5, 0.6) is 0 Å². The van der Waals surface area contributed by atoms with Gasteiger partial charge in [0.15, 0.2) is 0 Å². The van der Waals surface area contributed by atoms with Crippen LogP contribution in [0.4, 0.5) is 0 Å². The first kappa shape index (κ1) is 6.45. The van der Waals surface area contributed by atoms with E-state index in [4.69, 9.17) is 0 Å². The van der Waals surface area contributed by atoms with E-state index in [1.165, 1.54) is 19.3 Å². The molecule has 0 aromatic heterocycles. The van der Waals surface area contributed by atoms with Crippen molar-refractivity contribution >= 4 is 0 Å². The summed E-state index contributed by atoms with van der Waals surface area (Å²) in [5.41, 5.74) is 1.67. The molecule has 3 atom stereocenters. The third-order valence-corrected chi connectivity index (χ3v) is 3.39. The lowest BCUT2D eigenvalue weighted by atomic mass is 9.83. The lowest BCUT2D eigenvalue weighted by Crippen LogP contribution is -2.12. The third kappa shape index (κ3) is 0.817. The maximum Gasteiger partial charge on any atom is -0.0203 e. The maximum absolute atomic E-state index is 2.49. The molecule has 0 spiro atoms. The molecule has 1 fully saturated rings. The zero-order chi connectivity index (χ0) is 7.14. The number of hydrogen-bond acceptors (Lipinski definition) is 0. The molecule has 56 valence electrons. The van der Waals surface area contributed by atoms with Crippen LogP contribution in [0.3, 0.4) is 0 Å². The van der Waals surface area contributed by atoms with E-state index in [1.54, 1.807) is 5.57 Å². The van der Waals surface area contributed by atoms with E-state index in [2.05, 4.69) is 19.9 Å². The maximum atomic E-state index is 2.49.